The average molecular weight is 253 g/mol. The molecule has 0 bridgehead atoms. The van der Waals surface area contributed by atoms with Crippen molar-refractivity contribution < 1.29 is 4.92 Å². The normalized spacial score (nSPS) is 18.1. The molecule has 0 amide bonds. The Morgan fingerprint density at radius 2 is 2.06 bits per heavy atom. The number of nitrogens with zero attached hydrogens (tertiary/aromatic N) is 5. The number of hydrogen-bond donors (Lipinski definition) is 0. The fourth-order valence-corrected chi connectivity index (χ4v) is 2.10. The summed E-state index contributed by atoms with van der Waals surface area (Å²) >= 11 is 0. The van der Waals surface area contributed by atoms with E-state index in [4.69, 9.17) is 0 Å². The van der Waals surface area contributed by atoms with Crippen molar-refractivity contribution in [3.8, 4) is 0 Å². The highest BCUT2D eigenvalue weighted by Gasteiger charge is 2.13. The van der Waals surface area contributed by atoms with Crippen molar-refractivity contribution in [1.29, 1.82) is 0 Å². The van der Waals surface area contributed by atoms with Gasteiger partial charge < -0.3 is 9.80 Å². The van der Waals surface area contributed by atoms with E-state index in [2.05, 4.69) is 21.9 Å². The molecule has 2 heterocycles. The van der Waals surface area contributed by atoms with Crippen molar-refractivity contribution in [1.82, 2.24) is 19.6 Å². The summed E-state index contributed by atoms with van der Waals surface area (Å²) in [7, 11) is 2.14. The first-order valence-electron chi connectivity index (χ1n) is 6.23. The van der Waals surface area contributed by atoms with Crippen LogP contribution >= 0.6 is 0 Å². The number of likely N-dealkylation sites (N-methyl/N-ethyl adjacent to an activating group) is 1. The molecular weight excluding hydrogens is 234 g/mol. The number of rotatable bonds is 5. The minimum atomic E-state index is -0.413. The largest absolute Gasteiger partial charge is 0.306 e. The summed E-state index contributed by atoms with van der Waals surface area (Å²) in [5, 5.41) is 14.5. The van der Waals surface area contributed by atoms with Gasteiger partial charge in [0.1, 0.15) is 12.4 Å². The van der Waals surface area contributed by atoms with Gasteiger partial charge in [-0.05, 0) is 20.0 Å². The van der Waals surface area contributed by atoms with E-state index in [9.17, 15) is 10.1 Å². The number of nitro groups is 1. The minimum Gasteiger partial charge on any atom is -0.304 e. The summed E-state index contributed by atoms with van der Waals surface area (Å²) in [5.41, 5.74) is 0.0644. The van der Waals surface area contributed by atoms with E-state index < -0.39 is 4.92 Å². The molecule has 2 rings (SSSR count). The van der Waals surface area contributed by atoms with Gasteiger partial charge in [-0.1, -0.05) is 0 Å². The predicted molar refractivity (Wildman–Crippen MR) is 67.4 cm³/mol. The molecule has 7 heteroatoms. The minimum absolute atomic E-state index is 0.0644. The van der Waals surface area contributed by atoms with Gasteiger partial charge in [0, 0.05) is 32.7 Å². The Balaban J connectivity index is 1.70. The molecule has 1 aliphatic rings. The highest BCUT2D eigenvalue weighted by molar-refractivity contribution is 5.20. The van der Waals surface area contributed by atoms with Gasteiger partial charge in [0.2, 0.25) is 0 Å². The second-order valence-corrected chi connectivity index (χ2v) is 4.72. The van der Waals surface area contributed by atoms with Crippen LogP contribution in [0.25, 0.3) is 0 Å². The van der Waals surface area contributed by atoms with Crippen LogP contribution in [0.1, 0.15) is 6.42 Å². The quantitative estimate of drug-likeness (QED) is 0.562. The Morgan fingerprint density at radius 3 is 2.67 bits per heavy atom. The number of aromatic nitrogens is 2. The molecule has 100 valence electrons. The van der Waals surface area contributed by atoms with E-state index in [0.29, 0.717) is 0 Å². The topological polar surface area (TPSA) is 67.4 Å². The van der Waals surface area contributed by atoms with E-state index in [1.165, 1.54) is 12.4 Å². The summed E-state index contributed by atoms with van der Waals surface area (Å²) < 4.78 is 1.65. The Hall–Kier alpha value is -1.47. The number of piperazine rings is 1. The first-order chi connectivity index (χ1) is 8.65. The second kappa shape index (κ2) is 5.92. The van der Waals surface area contributed by atoms with Crippen LogP contribution in [0.5, 0.6) is 0 Å². The highest BCUT2D eigenvalue weighted by atomic mass is 16.6. The Bertz CT molecular complexity index is 398. The summed E-state index contributed by atoms with van der Waals surface area (Å²) in [6.45, 7) is 6.22. The van der Waals surface area contributed by atoms with Crippen molar-refractivity contribution >= 4 is 5.69 Å². The van der Waals surface area contributed by atoms with Crippen molar-refractivity contribution in [3.05, 3.63) is 22.5 Å². The molecule has 0 spiro atoms. The molecule has 0 saturated carbocycles. The van der Waals surface area contributed by atoms with Crippen molar-refractivity contribution in [2.45, 2.75) is 13.0 Å². The molecule has 0 aromatic carbocycles. The molecule has 1 aliphatic heterocycles. The van der Waals surface area contributed by atoms with E-state index in [1.54, 1.807) is 4.68 Å². The SMILES string of the molecule is CN1CCN(CCCn2cc([N+](=O)[O-])cn2)CC1. The maximum Gasteiger partial charge on any atom is 0.306 e. The van der Waals surface area contributed by atoms with Crippen LogP contribution in [0.3, 0.4) is 0 Å². The lowest BCUT2D eigenvalue weighted by atomic mass is 10.3. The highest BCUT2D eigenvalue weighted by Crippen LogP contribution is 2.08. The molecule has 1 fully saturated rings. The molecular formula is C11H19N5O2. The third kappa shape index (κ3) is 3.51. The lowest BCUT2D eigenvalue weighted by molar-refractivity contribution is -0.385. The first kappa shape index (κ1) is 13.0. The Labute approximate surface area is 106 Å². The zero-order valence-corrected chi connectivity index (χ0v) is 10.7. The molecule has 0 N–H and O–H groups in total. The molecule has 1 aromatic heterocycles. The van der Waals surface area contributed by atoms with Gasteiger partial charge >= 0.3 is 5.69 Å². The van der Waals surface area contributed by atoms with Gasteiger partial charge in [-0.2, -0.15) is 5.10 Å². The Kier molecular flexibility index (Phi) is 4.27. The summed E-state index contributed by atoms with van der Waals surface area (Å²) in [6, 6.07) is 0. The molecule has 0 aliphatic carbocycles. The Morgan fingerprint density at radius 1 is 1.33 bits per heavy atom. The smallest absolute Gasteiger partial charge is 0.304 e. The zero-order chi connectivity index (χ0) is 13.0. The van der Waals surface area contributed by atoms with Gasteiger partial charge in [-0.3, -0.25) is 14.8 Å². The van der Waals surface area contributed by atoms with E-state index >= 15 is 0 Å². The fraction of sp³-hybridized carbons (Fsp3) is 0.727. The molecule has 18 heavy (non-hydrogen) atoms. The second-order valence-electron chi connectivity index (χ2n) is 4.72. The average Bonchev–Trinajstić information content (AvgIpc) is 2.81. The van der Waals surface area contributed by atoms with Gasteiger partial charge in [-0.15, -0.1) is 0 Å². The number of aryl methyl sites for hydroxylation is 1. The molecule has 1 saturated heterocycles. The van der Waals surface area contributed by atoms with Crippen molar-refractivity contribution in [3.63, 3.8) is 0 Å². The molecule has 7 nitrogen and oxygen atoms in total. The first-order valence-corrected chi connectivity index (χ1v) is 6.23. The standard InChI is InChI=1S/C11H19N5O2/c1-13-5-7-14(8-6-13)3-2-4-15-10-11(9-12-15)16(17)18/h9-10H,2-8H2,1H3. The van der Waals surface area contributed by atoms with E-state index in [1.807, 2.05) is 0 Å². The molecule has 1 aromatic rings. The lowest BCUT2D eigenvalue weighted by Crippen LogP contribution is -2.44. The van der Waals surface area contributed by atoms with Crippen LogP contribution in [0, 0.1) is 10.1 Å². The van der Waals surface area contributed by atoms with Crippen LogP contribution < -0.4 is 0 Å². The van der Waals surface area contributed by atoms with Gasteiger partial charge in [0.25, 0.3) is 0 Å². The third-order valence-electron chi connectivity index (χ3n) is 3.29. The van der Waals surface area contributed by atoms with Crippen LogP contribution in [-0.4, -0.2) is 64.3 Å². The fourth-order valence-electron chi connectivity index (χ4n) is 2.10. The third-order valence-corrected chi connectivity index (χ3v) is 3.29. The van der Waals surface area contributed by atoms with Crippen molar-refractivity contribution in [2.75, 3.05) is 39.8 Å². The van der Waals surface area contributed by atoms with Gasteiger partial charge in [-0.25, -0.2) is 0 Å². The predicted octanol–water partition coefficient (Wildman–Crippen LogP) is 0.429. The maximum absolute atomic E-state index is 10.5. The van der Waals surface area contributed by atoms with Crippen LogP contribution in [0.4, 0.5) is 5.69 Å². The van der Waals surface area contributed by atoms with Crippen LogP contribution in [-0.2, 0) is 6.54 Å². The van der Waals surface area contributed by atoms with Gasteiger partial charge in [0.15, 0.2) is 0 Å². The van der Waals surface area contributed by atoms with Gasteiger partial charge in [0.05, 0.1) is 4.92 Å². The number of hydrogen-bond acceptors (Lipinski definition) is 5. The molecule has 0 radical (unpaired) electrons. The summed E-state index contributed by atoms with van der Waals surface area (Å²) in [4.78, 5) is 14.8. The summed E-state index contributed by atoms with van der Waals surface area (Å²) in [5.74, 6) is 0. The molecule has 0 atom stereocenters. The van der Waals surface area contributed by atoms with Crippen LogP contribution in [0.15, 0.2) is 12.4 Å². The van der Waals surface area contributed by atoms with E-state index in [0.717, 1.165) is 45.7 Å². The summed E-state index contributed by atoms with van der Waals surface area (Å²) in [6.07, 6.45) is 3.77. The van der Waals surface area contributed by atoms with E-state index in [-0.39, 0.29) is 5.69 Å². The van der Waals surface area contributed by atoms with Crippen molar-refractivity contribution in [2.24, 2.45) is 0 Å². The lowest BCUT2D eigenvalue weighted by Gasteiger charge is -2.32. The monoisotopic (exact) mass is 253 g/mol. The zero-order valence-electron chi connectivity index (χ0n) is 10.7. The molecule has 0 unspecified atom stereocenters. The maximum atomic E-state index is 10.5. The van der Waals surface area contributed by atoms with Crippen LogP contribution in [0.2, 0.25) is 0 Å².